The van der Waals surface area contributed by atoms with Gasteiger partial charge in [0, 0.05) is 24.2 Å². The summed E-state index contributed by atoms with van der Waals surface area (Å²) in [6.07, 6.45) is 2.19. The van der Waals surface area contributed by atoms with Gasteiger partial charge in [-0.05, 0) is 25.8 Å². The van der Waals surface area contributed by atoms with Crippen molar-refractivity contribution in [3.05, 3.63) is 35.3 Å². The lowest BCUT2D eigenvalue weighted by molar-refractivity contribution is -0.608. The van der Waals surface area contributed by atoms with E-state index in [2.05, 4.69) is 0 Å². The number of ether oxygens (including phenoxy) is 1. The zero-order valence-corrected chi connectivity index (χ0v) is 15.1. The van der Waals surface area contributed by atoms with Crippen LogP contribution in [0.3, 0.4) is 0 Å². The molecule has 0 bridgehead atoms. The minimum atomic E-state index is -3.14. The number of hydrogen-bond acceptors (Lipinski definition) is 6. The molecule has 0 spiro atoms. The van der Waals surface area contributed by atoms with Gasteiger partial charge in [-0.2, -0.15) is 4.73 Å². The van der Waals surface area contributed by atoms with Crippen molar-refractivity contribution in [3.63, 3.8) is 0 Å². The van der Waals surface area contributed by atoms with Crippen molar-refractivity contribution in [2.75, 3.05) is 18.1 Å². The van der Waals surface area contributed by atoms with E-state index >= 15 is 0 Å². The van der Waals surface area contributed by atoms with Crippen molar-refractivity contribution >= 4 is 21.7 Å². The third-order valence-corrected chi connectivity index (χ3v) is 6.07. The highest BCUT2D eigenvalue weighted by molar-refractivity contribution is 7.91. The Balaban J connectivity index is 2.05. The monoisotopic (exact) mass is 370 g/mol. The van der Waals surface area contributed by atoms with Gasteiger partial charge in [0.15, 0.2) is 22.6 Å². The van der Waals surface area contributed by atoms with E-state index in [9.17, 15) is 23.2 Å². The molecule has 1 aromatic rings. The Bertz CT molecular complexity index is 749. The van der Waals surface area contributed by atoms with Crippen LogP contribution < -0.4 is 4.73 Å². The van der Waals surface area contributed by atoms with Gasteiger partial charge in [-0.1, -0.05) is 6.92 Å². The molecule has 25 heavy (non-hydrogen) atoms. The molecule has 1 aromatic heterocycles. The number of carbonyl (C=O) groups is 2. The highest BCUT2D eigenvalue weighted by Gasteiger charge is 2.37. The molecule has 1 fully saturated rings. The van der Waals surface area contributed by atoms with Gasteiger partial charge < -0.3 is 14.8 Å². The number of amides is 1. The van der Waals surface area contributed by atoms with Gasteiger partial charge in [0.2, 0.25) is 0 Å². The summed E-state index contributed by atoms with van der Waals surface area (Å²) in [6, 6.07) is 3.70. The normalized spacial score (nSPS) is 20.0. The molecule has 2 heterocycles. The van der Waals surface area contributed by atoms with Crippen LogP contribution in [0.1, 0.15) is 37.2 Å². The first-order valence-corrected chi connectivity index (χ1v) is 9.94. The van der Waals surface area contributed by atoms with Gasteiger partial charge in [-0.15, -0.1) is 0 Å². The molecule has 2 rings (SSSR count). The SMILES string of the molecule is CC[C@H](C)N(C(=O)COC(=O)c1cccc[n+]1[O-])[C@@H]1CCS(=O)(=O)C1. The summed E-state index contributed by atoms with van der Waals surface area (Å²) >= 11 is 0. The van der Waals surface area contributed by atoms with Gasteiger partial charge in [-0.3, -0.25) is 4.79 Å². The van der Waals surface area contributed by atoms with Crippen molar-refractivity contribution in [1.29, 1.82) is 0 Å². The number of nitrogens with zero attached hydrogens (tertiary/aromatic N) is 2. The highest BCUT2D eigenvalue weighted by Crippen LogP contribution is 2.21. The van der Waals surface area contributed by atoms with E-state index in [4.69, 9.17) is 4.74 Å². The molecule has 0 aromatic carbocycles. The number of sulfone groups is 1. The molecule has 2 atom stereocenters. The van der Waals surface area contributed by atoms with E-state index in [1.807, 2.05) is 13.8 Å². The Morgan fingerprint density at radius 3 is 2.72 bits per heavy atom. The number of pyridine rings is 1. The second-order valence-electron chi connectivity index (χ2n) is 6.10. The predicted molar refractivity (Wildman–Crippen MR) is 89.3 cm³/mol. The van der Waals surface area contributed by atoms with E-state index < -0.39 is 34.4 Å². The second kappa shape index (κ2) is 7.81. The van der Waals surface area contributed by atoms with Gasteiger partial charge in [0.25, 0.3) is 5.91 Å². The topological polar surface area (TPSA) is 108 Å². The van der Waals surface area contributed by atoms with Gasteiger partial charge >= 0.3 is 11.7 Å². The number of carbonyl (C=O) groups excluding carboxylic acids is 2. The van der Waals surface area contributed by atoms with Crippen LogP contribution in [0.5, 0.6) is 0 Å². The molecule has 0 saturated carbocycles. The first kappa shape index (κ1) is 19.2. The Morgan fingerprint density at radius 1 is 1.44 bits per heavy atom. The molecule has 1 saturated heterocycles. The molecular formula is C16H22N2O6S. The van der Waals surface area contributed by atoms with Gasteiger partial charge in [0.05, 0.1) is 11.5 Å². The molecule has 8 nitrogen and oxygen atoms in total. The third kappa shape index (κ3) is 4.68. The molecule has 9 heteroatoms. The number of aromatic nitrogens is 1. The van der Waals surface area contributed by atoms with Crippen LogP contribution in [0, 0.1) is 5.21 Å². The molecule has 138 valence electrons. The fourth-order valence-corrected chi connectivity index (χ4v) is 4.57. The van der Waals surface area contributed by atoms with Crippen LogP contribution >= 0.6 is 0 Å². The Kier molecular flexibility index (Phi) is 5.99. The van der Waals surface area contributed by atoms with Crippen LogP contribution in [-0.4, -0.2) is 55.4 Å². The van der Waals surface area contributed by atoms with Crippen LogP contribution in [-0.2, 0) is 19.4 Å². The van der Waals surface area contributed by atoms with E-state index in [1.165, 1.54) is 23.1 Å². The minimum Gasteiger partial charge on any atom is -0.618 e. The molecule has 1 amide bonds. The quantitative estimate of drug-likeness (QED) is 0.405. The molecule has 1 aliphatic heterocycles. The molecule has 0 aliphatic carbocycles. The van der Waals surface area contributed by atoms with E-state index in [1.54, 1.807) is 0 Å². The number of rotatable bonds is 6. The summed E-state index contributed by atoms with van der Waals surface area (Å²) in [7, 11) is -3.14. The van der Waals surface area contributed by atoms with Gasteiger partial charge in [0.1, 0.15) is 0 Å². The average molecular weight is 370 g/mol. The summed E-state index contributed by atoms with van der Waals surface area (Å²) in [4.78, 5) is 26.0. The maximum Gasteiger partial charge on any atom is 0.405 e. The van der Waals surface area contributed by atoms with Crippen LogP contribution in [0.4, 0.5) is 0 Å². The lowest BCUT2D eigenvalue weighted by Crippen LogP contribution is -2.48. The molecule has 0 N–H and O–H groups in total. The molecule has 0 unspecified atom stereocenters. The summed E-state index contributed by atoms with van der Waals surface area (Å²) < 4.78 is 28.7. The standard InChI is InChI=1S/C16H22N2O6S/c1-3-12(2)18(13-7-9-25(22,23)11-13)15(19)10-24-16(20)14-6-4-5-8-17(14)21/h4-6,8,12-13H,3,7,9-11H2,1-2H3/t12-,13+/m0/s1. The maximum atomic E-state index is 12.5. The van der Waals surface area contributed by atoms with E-state index in [-0.39, 0.29) is 23.2 Å². The Hall–Kier alpha value is -2.16. The zero-order valence-electron chi connectivity index (χ0n) is 14.3. The lowest BCUT2D eigenvalue weighted by atomic mass is 10.1. The first-order chi connectivity index (χ1) is 11.7. The van der Waals surface area contributed by atoms with Crippen LogP contribution in [0.25, 0.3) is 0 Å². The first-order valence-electron chi connectivity index (χ1n) is 8.12. The van der Waals surface area contributed by atoms with Crippen molar-refractivity contribution in [2.24, 2.45) is 0 Å². The average Bonchev–Trinajstić information content (AvgIpc) is 2.92. The number of esters is 1. The Labute approximate surface area is 146 Å². The van der Waals surface area contributed by atoms with Crippen molar-refractivity contribution < 1.29 is 27.5 Å². The van der Waals surface area contributed by atoms with E-state index in [0.29, 0.717) is 17.6 Å². The summed E-state index contributed by atoms with van der Waals surface area (Å²) in [5.41, 5.74) is -0.214. The lowest BCUT2D eigenvalue weighted by Gasteiger charge is -2.33. The fraction of sp³-hybridized carbons (Fsp3) is 0.562. The zero-order chi connectivity index (χ0) is 18.6. The minimum absolute atomic E-state index is 0.0534. The van der Waals surface area contributed by atoms with E-state index in [0.717, 1.165) is 6.20 Å². The van der Waals surface area contributed by atoms with Crippen molar-refractivity contribution in [1.82, 2.24) is 4.90 Å². The smallest absolute Gasteiger partial charge is 0.405 e. The van der Waals surface area contributed by atoms with Crippen molar-refractivity contribution in [3.8, 4) is 0 Å². The third-order valence-electron chi connectivity index (χ3n) is 4.32. The molecular weight excluding hydrogens is 348 g/mol. The summed E-state index contributed by atoms with van der Waals surface area (Å²) in [5.74, 6) is -1.38. The summed E-state index contributed by atoms with van der Waals surface area (Å²) in [6.45, 7) is 3.19. The van der Waals surface area contributed by atoms with Crippen LogP contribution in [0.15, 0.2) is 24.4 Å². The summed E-state index contributed by atoms with van der Waals surface area (Å²) in [5, 5.41) is 11.5. The molecule has 1 aliphatic rings. The highest BCUT2D eigenvalue weighted by atomic mass is 32.2. The Morgan fingerprint density at radius 2 is 2.16 bits per heavy atom. The maximum absolute atomic E-state index is 12.5. The predicted octanol–water partition coefficient (Wildman–Crippen LogP) is 0.291. The molecule has 0 radical (unpaired) electrons. The van der Waals surface area contributed by atoms with Crippen molar-refractivity contribution in [2.45, 2.75) is 38.8 Å². The van der Waals surface area contributed by atoms with Gasteiger partial charge in [-0.25, -0.2) is 13.2 Å². The van der Waals surface area contributed by atoms with Crippen LogP contribution in [0.2, 0.25) is 0 Å². The number of hydrogen-bond donors (Lipinski definition) is 0. The largest absolute Gasteiger partial charge is 0.618 e. The second-order valence-corrected chi connectivity index (χ2v) is 8.33. The fourth-order valence-electron chi connectivity index (χ4n) is 2.86.